The number of nitrogens with one attached hydrogen (secondary N) is 2. The molecule has 0 bridgehead atoms. The van der Waals surface area contributed by atoms with E-state index in [1.54, 1.807) is 14.2 Å². The molecule has 1 saturated carbocycles. The molecule has 1 amide bonds. The molecule has 0 radical (unpaired) electrons. The maximum Gasteiger partial charge on any atom is 0.272 e. The van der Waals surface area contributed by atoms with Gasteiger partial charge in [0.05, 0.1) is 13.2 Å². The highest BCUT2D eigenvalue weighted by Crippen LogP contribution is 2.32. The lowest BCUT2D eigenvalue weighted by molar-refractivity contribution is 0.0238. The molecule has 0 aliphatic heterocycles. The van der Waals surface area contributed by atoms with Crippen LogP contribution >= 0.6 is 0 Å². The topological polar surface area (TPSA) is 111 Å². The number of H-pyrrole nitrogens is 1. The third kappa shape index (κ3) is 3.90. The van der Waals surface area contributed by atoms with Gasteiger partial charge in [0.1, 0.15) is 0 Å². The zero-order chi connectivity index (χ0) is 17.8. The first kappa shape index (κ1) is 17.2. The number of aromatic amines is 1. The molecule has 0 unspecified atom stereocenters. The number of rotatable bonds is 5. The fraction of sp³-hybridized carbons (Fsp3) is 0.471. The fourth-order valence-corrected chi connectivity index (χ4v) is 3.16. The van der Waals surface area contributed by atoms with Crippen LogP contribution in [-0.4, -0.2) is 35.2 Å². The summed E-state index contributed by atoms with van der Waals surface area (Å²) in [4.78, 5) is 12.8. The Hall–Kier alpha value is -2.61. The molecule has 1 aromatic carbocycles. The van der Waals surface area contributed by atoms with Gasteiger partial charge in [-0.25, -0.2) is 0 Å². The number of aryl methyl sites for hydroxylation is 1. The highest BCUT2D eigenvalue weighted by Gasteiger charge is 2.23. The number of nitrogens with zero attached hydrogens (tertiary/aromatic N) is 1. The molecule has 0 saturated heterocycles. The van der Waals surface area contributed by atoms with E-state index < -0.39 is 5.91 Å². The van der Waals surface area contributed by atoms with Crippen LogP contribution in [0.5, 0.6) is 0 Å². The SMILES string of the molecule is COC1CCC(Nc2ccccc2-c2on(C)o[nH]c2C(N)=O)CC1. The molecule has 1 aliphatic rings. The minimum atomic E-state index is -0.654. The van der Waals surface area contributed by atoms with E-state index in [0.717, 1.165) is 41.8 Å². The van der Waals surface area contributed by atoms with Crippen molar-refractivity contribution in [3.8, 4) is 11.3 Å². The van der Waals surface area contributed by atoms with Crippen molar-refractivity contribution in [1.29, 1.82) is 0 Å². The number of carbonyl (C=O) groups excluding carboxylic acids is 1. The van der Waals surface area contributed by atoms with Crippen molar-refractivity contribution in [2.24, 2.45) is 12.8 Å². The highest BCUT2D eigenvalue weighted by molar-refractivity contribution is 5.97. The lowest BCUT2D eigenvalue weighted by Crippen LogP contribution is -2.29. The summed E-state index contributed by atoms with van der Waals surface area (Å²) in [6.45, 7) is 0. The fourth-order valence-electron chi connectivity index (χ4n) is 3.16. The predicted molar refractivity (Wildman–Crippen MR) is 92.6 cm³/mol. The second-order valence-corrected chi connectivity index (χ2v) is 6.19. The van der Waals surface area contributed by atoms with Crippen molar-refractivity contribution in [2.45, 2.75) is 37.8 Å². The minimum Gasteiger partial charge on any atom is -0.382 e. The van der Waals surface area contributed by atoms with Gasteiger partial charge in [-0.05, 0) is 42.7 Å². The monoisotopic (exact) mass is 348 g/mol. The van der Waals surface area contributed by atoms with Crippen molar-refractivity contribution in [3.63, 3.8) is 0 Å². The van der Waals surface area contributed by atoms with Crippen LogP contribution in [0.25, 0.3) is 11.3 Å². The van der Waals surface area contributed by atoms with E-state index in [4.69, 9.17) is 19.6 Å². The first-order valence-corrected chi connectivity index (χ1v) is 8.36. The number of nitrogens with two attached hydrogens (primary N) is 1. The Morgan fingerprint density at radius 2 is 2.04 bits per heavy atom. The summed E-state index contributed by atoms with van der Waals surface area (Å²) in [5.74, 6) is -0.326. The number of benzene rings is 1. The smallest absolute Gasteiger partial charge is 0.272 e. The molecule has 1 aromatic heterocycles. The number of primary amides is 1. The standard InChI is InChI=1S/C17H24N4O4/c1-21-24-16(15(17(18)22)20-25-21)13-5-3-4-6-14(13)19-11-7-9-12(23-2)10-8-11/h3-6,11-12,19-20H,7-10H2,1-2H3,(H2,18,22). The van der Waals surface area contributed by atoms with E-state index in [9.17, 15) is 4.79 Å². The van der Waals surface area contributed by atoms with Gasteiger partial charge in [-0.2, -0.15) is 5.16 Å². The van der Waals surface area contributed by atoms with Gasteiger partial charge in [-0.1, -0.05) is 12.1 Å². The lowest BCUT2D eigenvalue weighted by atomic mass is 9.92. The minimum absolute atomic E-state index is 0.0791. The Kier molecular flexibility index (Phi) is 5.18. The summed E-state index contributed by atoms with van der Waals surface area (Å²) >= 11 is 0. The molecular weight excluding hydrogens is 324 g/mol. The Labute approximate surface area is 145 Å². The quantitative estimate of drug-likeness (QED) is 0.769. The number of hydrogen-bond donors (Lipinski definition) is 3. The van der Waals surface area contributed by atoms with Gasteiger partial charge >= 0.3 is 0 Å². The van der Waals surface area contributed by atoms with E-state index >= 15 is 0 Å². The average Bonchev–Trinajstić information content (AvgIpc) is 2.62. The molecule has 0 spiro atoms. The van der Waals surface area contributed by atoms with E-state index in [0.29, 0.717) is 17.9 Å². The highest BCUT2D eigenvalue weighted by atomic mass is 16.7. The van der Waals surface area contributed by atoms with Gasteiger partial charge in [0.2, 0.25) is 0 Å². The number of amides is 1. The van der Waals surface area contributed by atoms with Crippen molar-refractivity contribution in [3.05, 3.63) is 30.0 Å². The van der Waals surface area contributed by atoms with Gasteiger partial charge in [0.25, 0.3) is 5.91 Å². The molecular formula is C17H24N4O4. The third-order valence-electron chi connectivity index (χ3n) is 4.51. The van der Waals surface area contributed by atoms with Crippen molar-refractivity contribution < 1.29 is 18.7 Å². The first-order chi connectivity index (χ1) is 12.1. The number of carbonyl (C=O) groups is 1. The van der Waals surface area contributed by atoms with E-state index in [1.165, 1.54) is 0 Å². The van der Waals surface area contributed by atoms with Crippen LogP contribution in [0, 0.1) is 0 Å². The van der Waals surface area contributed by atoms with Crippen LogP contribution in [-0.2, 0) is 11.8 Å². The molecule has 1 heterocycles. The van der Waals surface area contributed by atoms with Crippen molar-refractivity contribution >= 4 is 11.6 Å². The van der Waals surface area contributed by atoms with Crippen molar-refractivity contribution in [2.75, 3.05) is 12.4 Å². The van der Waals surface area contributed by atoms with E-state index in [1.807, 2.05) is 24.3 Å². The van der Waals surface area contributed by atoms with Crippen LogP contribution in [0.3, 0.4) is 0 Å². The largest absolute Gasteiger partial charge is 0.382 e. The molecule has 0 atom stereocenters. The second-order valence-electron chi connectivity index (χ2n) is 6.19. The van der Waals surface area contributed by atoms with Crippen LogP contribution in [0.2, 0.25) is 0 Å². The van der Waals surface area contributed by atoms with Crippen LogP contribution in [0.15, 0.2) is 33.4 Å². The zero-order valence-corrected chi connectivity index (χ0v) is 14.5. The number of para-hydroxylation sites is 1. The van der Waals surface area contributed by atoms with Gasteiger partial charge < -0.3 is 20.3 Å². The maximum atomic E-state index is 11.7. The Morgan fingerprint density at radius 3 is 2.72 bits per heavy atom. The van der Waals surface area contributed by atoms with E-state index in [-0.39, 0.29) is 5.69 Å². The number of hydrogen-bond acceptors (Lipinski definition) is 5. The molecule has 1 aliphatic carbocycles. The predicted octanol–water partition coefficient (Wildman–Crippen LogP) is 2.80. The molecule has 8 heteroatoms. The van der Waals surface area contributed by atoms with Gasteiger partial charge in [0.15, 0.2) is 11.5 Å². The Balaban J connectivity index is 1.90. The van der Waals surface area contributed by atoms with Gasteiger partial charge in [0, 0.05) is 24.4 Å². The zero-order valence-electron chi connectivity index (χ0n) is 14.5. The van der Waals surface area contributed by atoms with Crippen LogP contribution in [0.1, 0.15) is 36.2 Å². The first-order valence-electron chi connectivity index (χ1n) is 8.36. The number of aromatic nitrogens is 2. The summed E-state index contributed by atoms with van der Waals surface area (Å²) < 4.78 is 16.0. The average molecular weight is 348 g/mol. The van der Waals surface area contributed by atoms with Crippen molar-refractivity contribution in [1.82, 2.24) is 10.1 Å². The Bertz CT molecular complexity index is 760. The summed E-state index contributed by atoms with van der Waals surface area (Å²) in [5, 5.41) is 6.08. The second kappa shape index (κ2) is 7.52. The maximum absolute atomic E-state index is 11.7. The van der Waals surface area contributed by atoms with Crippen LogP contribution < -0.4 is 11.1 Å². The molecule has 3 rings (SSSR count). The molecule has 4 N–H and O–H groups in total. The van der Waals surface area contributed by atoms with Crippen LogP contribution in [0.4, 0.5) is 5.69 Å². The van der Waals surface area contributed by atoms with Gasteiger partial charge in [-0.15, -0.1) is 0 Å². The third-order valence-corrected chi connectivity index (χ3v) is 4.51. The Morgan fingerprint density at radius 1 is 1.32 bits per heavy atom. The summed E-state index contributed by atoms with van der Waals surface area (Å²) in [7, 11) is 3.34. The lowest BCUT2D eigenvalue weighted by Gasteiger charge is -2.29. The molecule has 8 nitrogen and oxygen atoms in total. The summed E-state index contributed by atoms with van der Waals surface area (Å²) in [5.41, 5.74) is 7.14. The number of ether oxygens (including phenoxy) is 1. The summed E-state index contributed by atoms with van der Waals surface area (Å²) in [6.07, 6.45) is 4.45. The normalized spacial score (nSPS) is 20.2. The van der Waals surface area contributed by atoms with E-state index in [2.05, 4.69) is 10.5 Å². The molecule has 1 fully saturated rings. The van der Waals surface area contributed by atoms with Gasteiger partial charge in [-0.3, -0.25) is 9.42 Å². The summed E-state index contributed by atoms with van der Waals surface area (Å²) in [6, 6.07) is 8.00. The molecule has 25 heavy (non-hydrogen) atoms. The molecule has 2 aromatic rings. The number of methoxy groups -OCH3 is 1. The molecule has 136 valence electrons. The number of anilines is 1.